The number of carboxylic acids is 1. The Morgan fingerprint density at radius 2 is 1.64 bits per heavy atom. The average Bonchev–Trinajstić information content (AvgIpc) is 2.92. The number of nitrogens with zero attached hydrogens (tertiary/aromatic N) is 2. The quantitative estimate of drug-likeness (QED) is 0.340. The van der Waals surface area contributed by atoms with Crippen molar-refractivity contribution in [2.75, 3.05) is 53.5 Å². The molecular weight excluding hydrogens is 524 g/mol. The average molecular weight is 561 g/mol. The molecule has 0 aliphatic carbocycles. The van der Waals surface area contributed by atoms with E-state index in [1.54, 1.807) is 39.5 Å². The van der Waals surface area contributed by atoms with Crippen molar-refractivity contribution in [3.63, 3.8) is 0 Å². The summed E-state index contributed by atoms with van der Waals surface area (Å²) in [6, 6.07) is 8.99. The first kappa shape index (κ1) is 30.3. The summed E-state index contributed by atoms with van der Waals surface area (Å²) in [5.41, 5.74) is 2.43. The van der Waals surface area contributed by atoms with Crippen molar-refractivity contribution >= 4 is 28.5 Å². The summed E-state index contributed by atoms with van der Waals surface area (Å²) in [7, 11) is 4.68. The van der Waals surface area contributed by atoms with Gasteiger partial charge < -0.3 is 28.8 Å². The van der Waals surface area contributed by atoms with Gasteiger partial charge in [-0.05, 0) is 37.6 Å². The van der Waals surface area contributed by atoms with Crippen LogP contribution in [0.25, 0.3) is 22.0 Å². The molecule has 1 aliphatic heterocycles. The molecule has 0 atom stereocenters. The van der Waals surface area contributed by atoms with Gasteiger partial charge in [-0.1, -0.05) is 13.0 Å². The first-order valence-electron chi connectivity index (χ1n) is 12.8. The molecule has 212 valence electrons. The van der Waals surface area contributed by atoms with E-state index in [0.717, 1.165) is 5.88 Å². The zero-order chi connectivity index (χ0) is 28.5. The van der Waals surface area contributed by atoms with Gasteiger partial charge in [0.2, 0.25) is 0 Å². The number of carbonyl (C=O) groups is 1. The first-order valence-corrected chi connectivity index (χ1v) is 13.3. The second-order valence-corrected chi connectivity index (χ2v) is 9.56. The number of fused-ring (bicyclic) bond motifs is 1. The summed E-state index contributed by atoms with van der Waals surface area (Å²) in [6.07, 6.45) is -0.0940. The van der Waals surface area contributed by atoms with Crippen LogP contribution in [-0.4, -0.2) is 80.6 Å². The van der Waals surface area contributed by atoms with Crippen LogP contribution in [0.2, 0.25) is 0 Å². The van der Waals surface area contributed by atoms with Crippen LogP contribution in [0.5, 0.6) is 23.0 Å². The Hall–Kier alpha value is -3.27. The number of alkyl halides is 1. The molecule has 0 spiro atoms. The molecule has 10 heteroatoms. The third-order valence-electron chi connectivity index (χ3n) is 6.07. The fourth-order valence-corrected chi connectivity index (χ4v) is 4.44. The largest absolute Gasteiger partial charge is 0.493 e. The maximum absolute atomic E-state index is 12.8. The molecule has 9 nitrogen and oxygen atoms in total. The Kier molecular flexibility index (Phi) is 11.0. The van der Waals surface area contributed by atoms with Crippen LogP contribution in [0.4, 0.5) is 0 Å². The lowest BCUT2D eigenvalue weighted by Gasteiger charge is -2.27. The second-order valence-electron chi connectivity index (χ2n) is 9.03. The van der Waals surface area contributed by atoms with Gasteiger partial charge in [0.1, 0.15) is 0 Å². The number of methoxy groups -OCH3 is 3. The van der Waals surface area contributed by atoms with Gasteiger partial charge in [-0.2, -0.15) is 0 Å². The minimum Gasteiger partial charge on any atom is -0.493 e. The number of morpholine rings is 1. The van der Waals surface area contributed by atoms with E-state index >= 15 is 0 Å². The van der Waals surface area contributed by atoms with E-state index in [0.29, 0.717) is 83.6 Å². The molecule has 1 aromatic heterocycles. The Labute approximate surface area is 234 Å². The molecule has 1 fully saturated rings. The van der Waals surface area contributed by atoms with Gasteiger partial charge in [0.15, 0.2) is 23.0 Å². The fourth-order valence-electron chi connectivity index (χ4n) is 4.44. The van der Waals surface area contributed by atoms with Crippen LogP contribution in [0.1, 0.15) is 36.8 Å². The van der Waals surface area contributed by atoms with E-state index in [1.807, 2.05) is 32.9 Å². The molecule has 0 saturated carbocycles. The predicted molar refractivity (Wildman–Crippen MR) is 152 cm³/mol. The Morgan fingerprint density at radius 3 is 2.21 bits per heavy atom. The highest BCUT2D eigenvalue weighted by Gasteiger charge is 2.26. The fraction of sp³-hybridized carbons (Fsp3) is 0.448. The second kappa shape index (κ2) is 14.2. The number of rotatable bonds is 9. The summed E-state index contributed by atoms with van der Waals surface area (Å²) in [5, 5.41) is 11.1. The lowest BCUT2D eigenvalue weighted by molar-refractivity contribution is 0.0334. The highest BCUT2D eigenvalue weighted by atomic mass is 35.5. The van der Waals surface area contributed by atoms with Crippen molar-refractivity contribution < 1.29 is 33.6 Å². The van der Waals surface area contributed by atoms with Crippen molar-refractivity contribution in [2.24, 2.45) is 0 Å². The Bertz CT molecular complexity index is 1280. The number of pyridine rings is 1. The zero-order valence-corrected chi connectivity index (χ0v) is 24.1. The summed E-state index contributed by atoms with van der Waals surface area (Å²) in [4.78, 5) is 19.7. The molecule has 3 aromatic rings. The van der Waals surface area contributed by atoms with Gasteiger partial charge in [0.25, 0.3) is 0 Å². The number of halogens is 1. The van der Waals surface area contributed by atoms with Crippen molar-refractivity contribution in [3.05, 3.63) is 41.6 Å². The SMILES string of the molecule is CCCl.COc1cc2nc(CN3CCOCC3)c(C(=O)O)c(-c3ccc(OC)c(OC(C)C)c3)c2cc1OC. The maximum atomic E-state index is 12.8. The molecule has 39 heavy (non-hydrogen) atoms. The summed E-state index contributed by atoms with van der Waals surface area (Å²) in [5.74, 6) is 1.76. The van der Waals surface area contributed by atoms with E-state index in [2.05, 4.69) is 4.90 Å². The molecule has 4 rings (SSSR count). The Balaban J connectivity index is 0.00000134. The van der Waals surface area contributed by atoms with Gasteiger partial charge in [-0.3, -0.25) is 9.88 Å². The summed E-state index contributed by atoms with van der Waals surface area (Å²) in [6.45, 7) is 8.73. The van der Waals surface area contributed by atoms with Crippen LogP contribution in [0.15, 0.2) is 30.3 Å². The summed E-state index contributed by atoms with van der Waals surface area (Å²) >= 11 is 5.00. The number of hydrogen-bond acceptors (Lipinski definition) is 8. The number of ether oxygens (including phenoxy) is 5. The number of benzene rings is 2. The topological polar surface area (TPSA) is 99.6 Å². The van der Waals surface area contributed by atoms with Crippen LogP contribution >= 0.6 is 11.6 Å². The van der Waals surface area contributed by atoms with Crippen LogP contribution in [0.3, 0.4) is 0 Å². The van der Waals surface area contributed by atoms with Crippen LogP contribution < -0.4 is 18.9 Å². The molecule has 0 radical (unpaired) electrons. The monoisotopic (exact) mass is 560 g/mol. The standard InChI is InChI=1S/C27H32N2O7.C2H5Cl/c1-16(2)36-24-12-17(6-7-21(24)32-3)25-18-13-22(33-4)23(34-5)14-19(18)28-20(26(25)27(30)31)15-29-8-10-35-11-9-29;1-2-3/h6-7,12-14,16H,8-11,15H2,1-5H3,(H,30,31);2H2,1H3. The lowest BCUT2D eigenvalue weighted by atomic mass is 9.93. The van der Waals surface area contributed by atoms with Gasteiger partial charge in [-0.25, -0.2) is 4.79 Å². The molecule has 0 bridgehead atoms. The highest BCUT2D eigenvalue weighted by Crippen LogP contribution is 2.42. The van der Waals surface area contributed by atoms with Gasteiger partial charge in [0, 0.05) is 42.5 Å². The van der Waals surface area contributed by atoms with Gasteiger partial charge in [0.05, 0.1) is 57.4 Å². The number of aromatic nitrogens is 1. The molecule has 2 heterocycles. The molecule has 2 aromatic carbocycles. The minimum atomic E-state index is -1.06. The van der Waals surface area contributed by atoms with E-state index in [4.69, 9.17) is 40.3 Å². The van der Waals surface area contributed by atoms with Gasteiger partial charge in [-0.15, -0.1) is 11.6 Å². The molecule has 1 N–H and O–H groups in total. The number of carboxylic acid groups (broad SMARTS) is 1. The van der Waals surface area contributed by atoms with E-state index in [9.17, 15) is 9.90 Å². The zero-order valence-electron chi connectivity index (χ0n) is 23.4. The molecule has 1 saturated heterocycles. The third kappa shape index (κ3) is 7.23. The number of aromatic carboxylic acids is 1. The molecular formula is C29H37ClN2O7. The normalized spacial score (nSPS) is 13.5. The lowest BCUT2D eigenvalue weighted by Crippen LogP contribution is -2.36. The minimum absolute atomic E-state index is 0.0940. The third-order valence-corrected chi connectivity index (χ3v) is 6.07. The Morgan fingerprint density at radius 1 is 1.03 bits per heavy atom. The van der Waals surface area contributed by atoms with Crippen molar-refractivity contribution in [1.82, 2.24) is 9.88 Å². The highest BCUT2D eigenvalue weighted by molar-refractivity contribution is 6.17. The van der Waals surface area contributed by atoms with Crippen LogP contribution in [0, 0.1) is 0 Å². The van der Waals surface area contributed by atoms with E-state index < -0.39 is 5.97 Å². The molecule has 0 unspecified atom stereocenters. The van der Waals surface area contributed by atoms with Crippen LogP contribution in [-0.2, 0) is 11.3 Å². The first-order chi connectivity index (χ1) is 18.8. The summed E-state index contributed by atoms with van der Waals surface area (Å²) < 4.78 is 28.0. The molecule has 0 amide bonds. The van der Waals surface area contributed by atoms with Crippen molar-refractivity contribution in [2.45, 2.75) is 33.4 Å². The van der Waals surface area contributed by atoms with E-state index in [1.165, 1.54) is 0 Å². The smallest absolute Gasteiger partial charge is 0.338 e. The number of hydrogen-bond donors (Lipinski definition) is 1. The maximum Gasteiger partial charge on any atom is 0.338 e. The van der Waals surface area contributed by atoms with E-state index in [-0.39, 0.29) is 11.7 Å². The van der Waals surface area contributed by atoms with Crippen molar-refractivity contribution in [1.29, 1.82) is 0 Å². The van der Waals surface area contributed by atoms with Gasteiger partial charge >= 0.3 is 5.97 Å². The predicted octanol–water partition coefficient (Wildman–Crippen LogP) is 5.49. The molecule has 1 aliphatic rings. The van der Waals surface area contributed by atoms with Crippen molar-refractivity contribution in [3.8, 4) is 34.1 Å².